The molecule has 3 heterocycles. The van der Waals surface area contributed by atoms with Crippen molar-refractivity contribution in [2.75, 3.05) is 54.5 Å². The second kappa shape index (κ2) is 12.7. The van der Waals surface area contributed by atoms with E-state index in [1.807, 2.05) is 13.0 Å². The molecule has 0 unspecified atom stereocenters. The molecule has 38 heavy (non-hydrogen) atoms. The third-order valence-corrected chi connectivity index (χ3v) is 6.37. The molecule has 13 nitrogen and oxygen atoms in total. The molecule has 1 aromatic carbocycles. The molecule has 3 aromatic rings. The van der Waals surface area contributed by atoms with E-state index < -0.39 is 11.9 Å². The standard InChI is InChI=1S/C24H27N11O2S/c1-3-18-28-21(33-22(29-18)35-11-9-34(2)10-12-35)31-20-16(13-25)14-26-24(32-20)38-15-19(36)30-23(37)27-17-7-5-4-6-8-17/h4-8,14H,3,9-12,15H2,1-2H3,(H2,27,30,36,37)(H,26,28,29,31,32,33). The average molecular weight is 534 g/mol. The molecule has 1 aliphatic rings. The Morgan fingerprint density at radius 2 is 1.84 bits per heavy atom. The summed E-state index contributed by atoms with van der Waals surface area (Å²) in [6.07, 6.45) is 1.97. The molecule has 196 valence electrons. The highest BCUT2D eigenvalue weighted by atomic mass is 32.2. The number of nitrogens with zero attached hydrogens (tertiary/aromatic N) is 8. The Balaban J connectivity index is 1.42. The van der Waals surface area contributed by atoms with Crippen LogP contribution in [0, 0.1) is 11.3 Å². The Morgan fingerprint density at radius 1 is 1.08 bits per heavy atom. The summed E-state index contributed by atoms with van der Waals surface area (Å²) in [5, 5.41) is 17.7. The van der Waals surface area contributed by atoms with Gasteiger partial charge in [-0.2, -0.15) is 20.2 Å². The smallest absolute Gasteiger partial charge is 0.325 e. The molecule has 0 aliphatic carbocycles. The predicted molar refractivity (Wildman–Crippen MR) is 143 cm³/mol. The topological polar surface area (TPSA) is 165 Å². The highest BCUT2D eigenvalue weighted by Gasteiger charge is 2.19. The van der Waals surface area contributed by atoms with E-state index in [9.17, 15) is 14.9 Å². The molecular weight excluding hydrogens is 506 g/mol. The second-order valence-corrected chi connectivity index (χ2v) is 9.27. The number of rotatable bonds is 8. The Labute approximate surface area is 224 Å². The number of para-hydroxylation sites is 1. The number of aryl methyl sites for hydroxylation is 1. The number of amides is 3. The SMILES string of the molecule is CCc1nc(Nc2nc(SCC(=O)NC(=O)Nc3ccccc3)ncc2C#N)nc(N2CCN(C)CC2)n1. The summed E-state index contributed by atoms with van der Waals surface area (Å²) < 4.78 is 0. The van der Waals surface area contributed by atoms with Crippen LogP contribution in [0.4, 0.5) is 28.2 Å². The van der Waals surface area contributed by atoms with Gasteiger partial charge in [-0.15, -0.1) is 0 Å². The highest BCUT2D eigenvalue weighted by molar-refractivity contribution is 7.99. The van der Waals surface area contributed by atoms with Crippen LogP contribution in [0.3, 0.4) is 0 Å². The van der Waals surface area contributed by atoms with Crippen molar-refractivity contribution < 1.29 is 9.59 Å². The Kier molecular flexibility index (Phi) is 8.96. The van der Waals surface area contributed by atoms with Crippen molar-refractivity contribution in [3.8, 4) is 6.07 Å². The molecule has 1 aliphatic heterocycles. The quantitative estimate of drug-likeness (QED) is 0.285. The normalized spacial score (nSPS) is 13.4. The van der Waals surface area contributed by atoms with Crippen LogP contribution >= 0.6 is 11.8 Å². The van der Waals surface area contributed by atoms with Crippen molar-refractivity contribution in [2.24, 2.45) is 0 Å². The van der Waals surface area contributed by atoms with Crippen LogP contribution in [0.5, 0.6) is 0 Å². The summed E-state index contributed by atoms with van der Waals surface area (Å²) in [5.74, 6) is 1.04. The molecule has 14 heteroatoms. The number of hydrogen-bond acceptors (Lipinski definition) is 12. The van der Waals surface area contributed by atoms with Crippen molar-refractivity contribution >= 4 is 47.1 Å². The van der Waals surface area contributed by atoms with Gasteiger partial charge in [-0.3, -0.25) is 10.1 Å². The minimum atomic E-state index is -0.636. The van der Waals surface area contributed by atoms with Crippen molar-refractivity contribution in [2.45, 2.75) is 18.5 Å². The first-order valence-electron chi connectivity index (χ1n) is 11.9. The van der Waals surface area contributed by atoms with E-state index >= 15 is 0 Å². The molecule has 0 radical (unpaired) electrons. The van der Waals surface area contributed by atoms with E-state index in [0.717, 1.165) is 37.9 Å². The minimum absolute atomic E-state index is 0.104. The van der Waals surface area contributed by atoms with Gasteiger partial charge in [0, 0.05) is 38.3 Å². The third kappa shape index (κ3) is 7.34. The number of anilines is 4. The van der Waals surface area contributed by atoms with Gasteiger partial charge in [0.1, 0.15) is 17.5 Å². The summed E-state index contributed by atoms with van der Waals surface area (Å²) in [5.41, 5.74) is 0.762. The number of imide groups is 1. The van der Waals surface area contributed by atoms with Crippen LogP contribution in [0.2, 0.25) is 0 Å². The zero-order chi connectivity index (χ0) is 26.9. The molecule has 0 bridgehead atoms. The van der Waals surface area contributed by atoms with Crippen LogP contribution in [0.25, 0.3) is 0 Å². The predicted octanol–water partition coefficient (Wildman–Crippen LogP) is 2.03. The molecule has 1 fully saturated rings. The first kappa shape index (κ1) is 26.7. The summed E-state index contributed by atoms with van der Waals surface area (Å²) >= 11 is 1.02. The van der Waals surface area contributed by atoms with Gasteiger partial charge in [0.05, 0.1) is 11.9 Å². The van der Waals surface area contributed by atoms with E-state index in [4.69, 9.17) is 0 Å². The van der Waals surface area contributed by atoms with Crippen LogP contribution < -0.4 is 20.9 Å². The number of nitriles is 1. The van der Waals surface area contributed by atoms with E-state index in [-0.39, 0.29) is 28.2 Å². The number of nitrogens with one attached hydrogen (secondary N) is 3. The Morgan fingerprint density at radius 3 is 2.55 bits per heavy atom. The van der Waals surface area contributed by atoms with Gasteiger partial charge in [0.2, 0.25) is 17.8 Å². The van der Waals surface area contributed by atoms with Crippen molar-refractivity contribution in [1.82, 2.24) is 35.1 Å². The number of piperazine rings is 1. The number of likely N-dealkylation sites (N-methyl/N-ethyl adjacent to an activating group) is 1. The Hall–Kier alpha value is -4.35. The fourth-order valence-corrected chi connectivity index (χ4v) is 4.08. The fourth-order valence-electron chi connectivity index (χ4n) is 3.46. The first-order valence-corrected chi connectivity index (χ1v) is 12.9. The van der Waals surface area contributed by atoms with Gasteiger partial charge in [-0.05, 0) is 19.2 Å². The molecular formula is C24H27N11O2S. The summed E-state index contributed by atoms with van der Waals surface area (Å²) in [7, 11) is 2.08. The highest BCUT2D eigenvalue weighted by Crippen LogP contribution is 2.22. The molecule has 3 amide bonds. The van der Waals surface area contributed by atoms with Gasteiger partial charge < -0.3 is 20.4 Å². The van der Waals surface area contributed by atoms with Crippen LogP contribution in [0.15, 0.2) is 41.7 Å². The maximum absolute atomic E-state index is 12.2. The van der Waals surface area contributed by atoms with Crippen LogP contribution in [-0.2, 0) is 11.2 Å². The number of aromatic nitrogens is 5. The van der Waals surface area contributed by atoms with E-state index in [1.54, 1.807) is 24.3 Å². The molecule has 0 atom stereocenters. The van der Waals surface area contributed by atoms with Crippen molar-refractivity contribution in [1.29, 1.82) is 5.26 Å². The van der Waals surface area contributed by atoms with E-state index in [1.165, 1.54) is 6.20 Å². The van der Waals surface area contributed by atoms with Crippen molar-refractivity contribution in [3.63, 3.8) is 0 Å². The summed E-state index contributed by atoms with van der Waals surface area (Å²) in [4.78, 5) is 50.7. The lowest BCUT2D eigenvalue weighted by atomic mass is 10.3. The van der Waals surface area contributed by atoms with Gasteiger partial charge in [-0.1, -0.05) is 36.9 Å². The molecule has 2 aromatic heterocycles. The molecule has 3 N–H and O–H groups in total. The number of carbonyl (C=O) groups excluding carboxylic acids is 2. The number of carbonyl (C=O) groups is 2. The average Bonchev–Trinajstić information content (AvgIpc) is 2.92. The van der Waals surface area contributed by atoms with Crippen LogP contribution in [-0.4, -0.2) is 80.7 Å². The fraction of sp³-hybridized carbons (Fsp3) is 0.333. The minimum Gasteiger partial charge on any atom is -0.338 e. The van der Waals surface area contributed by atoms with Gasteiger partial charge in [0.25, 0.3) is 0 Å². The lowest BCUT2D eigenvalue weighted by molar-refractivity contribution is -0.117. The zero-order valence-electron chi connectivity index (χ0n) is 21.0. The molecule has 4 rings (SSSR count). The number of hydrogen-bond donors (Lipinski definition) is 3. The number of urea groups is 1. The molecule has 1 saturated heterocycles. The first-order chi connectivity index (χ1) is 18.4. The van der Waals surface area contributed by atoms with Gasteiger partial charge >= 0.3 is 6.03 Å². The second-order valence-electron chi connectivity index (χ2n) is 8.33. The summed E-state index contributed by atoms with van der Waals surface area (Å²) in [6, 6.07) is 10.2. The third-order valence-electron chi connectivity index (χ3n) is 5.51. The molecule has 0 saturated carbocycles. The lowest BCUT2D eigenvalue weighted by Crippen LogP contribution is -2.45. The Bertz CT molecular complexity index is 1320. The van der Waals surface area contributed by atoms with Gasteiger partial charge in [0.15, 0.2) is 11.0 Å². The summed E-state index contributed by atoms with van der Waals surface area (Å²) in [6.45, 7) is 5.36. The van der Waals surface area contributed by atoms with Gasteiger partial charge in [-0.25, -0.2) is 14.8 Å². The maximum atomic E-state index is 12.2. The van der Waals surface area contributed by atoms with Crippen molar-refractivity contribution in [3.05, 3.63) is 47.9 Å². The number of benzene rings is 1. The van der Waals surface area contributed by atoms with E-state index in [2.05, 4.69) is 63.8 Å². The largest absolute Gasteiger partial charge is 0.338 e. The van der Waals surface area contributed by atoms with E-state index in [0.29, 0.717) is 23.9 Å². The lowest BCUT2D eigenvalue weighted by Gasteiger charge is -2.32. The monoisotopic (exact) mass is 533 g/mol. The van der Waals surface area contributed by atoms with Crippen LogP contribution in [0.1, 0.15) is 18.3 Å². The molecule has 0 spiro atoms. The number of thioether (sulfide) groups is 1. The maximum Gasteiger partial charge on any atom is 0.325 e. The zero-order valence-corrected chi connectivity index (χ0v) is 21.8.